The van der Waals surface area contributed by atoms with E-state index in [0.717, 1.165) is 24.3 Å². The first kappa shape index (κ1) is 13.6. The van der Waals surface area contributed by atoms with Crippen LogP contribution in [0.5, 0.6) is 0 Å². The fourth-order valence-electron chi connectivity index (χ4n) is 1.62. The Morgan fingerprint density at radius 2 is 1.94 bits per heavy atom. The summed E-state index contributed by atoms with van der Waals surface area (Å²) in [6.45, 7) is 2.01. The largest absolute Gasteiger partial charge is 0.320 e. The lowest BCUT2D eigenvalue weighted by atomic mass is 10.0. The summed E-state index contributed by atoms with van der Waals surface area (Å²) in [6, 6.07) is 7.76. The van der Waals surface area contributed by atoms with Crippen LogP contribution in [0.15, 0.2) is 31.8 Å². The fourth-order valence-corrected chi connectivity index (χ4v) is 4.90. The van der Waals surface area contributed by atoms with Gasteiger partial charge in [-0.25, -0.2) is 0 Å². The lowest BCUT2D eigenvalue weighted by molar-refractivity contribution is 0.872. The summed E-state index contributed by atoms with van der Waals surface area (Å²) in [7, 11) is 0. The Morgan fingerprint density at radius 3 is 2.47 bits per heavy atom. The fraction of sp³-hybridized carbons (Fsp3) is 0.167. The molecule has 2 N–H and O–H groups in total. The van der Waals surface area contributed by atoms with Crippen LogP contribution in [0.3, 0.4) is 0 Å². The zero-order chi connectivity index (χ0) is 12.6. The van der Waals surface area contributed by atoms with Gasteiger partial charge in [-0.2, -0.15) is 0 Å². The molecule has 0 saturated heterocycles. The van der Waals surface area contributed by atoms with E-state index in [2.05, 4.69) is 31.9 Å². The Bertz CT molecular complexity index is 553. The van der Waals surface area contributed by atoms with Gasteiger partial charge in [0.25, 0.3) is 0 Å². The van der Waals surface area contributed by atoms with Crippen LogP contribution in [0, 0.1) is 6.92 Å². The van der Waals surface area contributed by atoms with Gasteiger partial charge in [0.05, 0.1) is 13.6 Å². The van der Waals surface area contributed by atoms with Crippen molar-refractivity contribution in [2.24, 2.45) is 5.73 Å². The zero-order valence-corrected chi connectivity index (χ0v) is 13.8. The highest BCUT2D eigenvalue weighted by Gasteiger charge is 2.17. The third kappa shape index (κ3) is 2.93. The zero-order valence-electron chi connectivity index (χ0n) is 9.01. The van der Waals surface area contributed by atoms with Crippen molar-refractivity contribution in [3.63, 3.8) is 0 Å². The first-order valence-electron chi connectivity index (χ1n) is 4.95. The van der Waals surface area contributed by atoms with Gasteiger partial charge in [-0.05, 0) is 67.6 Å². The molecule has 0 radical (unpaired) electrons. The molecule has 1 aromatic carbocycles. The second-order valence-electron chi connectivity index (χ2n) is 3.78. The molecular formula is C12H10Br2ClNS. The molecule has 0 aliphatic heterocycles. The Morgan fingerprint density at radius 1 is 1.24 bits per heavy atom. The molecule has 1 nitrogen and oxygen atoms in total. The third-order valence-corrected chi connectivity index (χ3v) is 5.22. The molecule has 1 atom stereocenters. The predicted molar refractivity (Wildman–Crippen MR) is 81.9 cm³/mol. The number of hydrogen-bond acceptors (Lipinski definition) is 2. The molecule has 0 aliphatic carbocycles. The average Bonchev–Trinajstić information content (AvgIpc) is 2.57. The van der Waals surface area contributed by atoms with E-state index >= 15 is 0 Å². The van der Waals surface area contributed by atoms with Crippen molar-refractivity contribution in [2.75, 3.05) is 0 Å². The summed E-state index contributed by atoms with van der Waals surface area (Å²) < 4.78 is 2.09. The predicted octanol–water partition coefficient (Wildman–Crippen LogP) is 5.28. The molecule has 2 rings (SSSR count). The van der Waals surface area contributed by atoms with Crippen LogP contribution in [-0.4, -0.2) is 0 Å². The maximum absolute atomic E-state index is 6.25. The Kier molecular flexibility index (Phi) is 4.31. The number of halogens is 3. The highest BCUT2D eigenvalue weighted by molar-refractivity contribution is 9.12. The number of thiophene rings is 1. The van der Waals surface area contributed by atoms with Crippen LogP contribution >= 0.6 is 54.8 Å². The Balaban J connectivity index is 2.43. The van der Waals surface area contributed by atoms with E-state index in [0.29, 0.717) is 5.02 Å². The Hall–Kier alpha value is 0.130. The van der Waals surface area contributed by atoms with E-state index < -0.39 is 0 Å². The molecular weight excluding hydrogens is 385 g/mol. The van der Waals surface area contributed by atoms with Crippen LogP contribution in [0.2, 0.25) is 5.02 Å². The quantitative estimate of drug-likeness (QED) is 0.735. The van der Waals surface area contributed by atoms with Crippen LogP contribution in [-0.2, 0) is 0 Å². The third-order valence-electron chi connectivity index (χ3n) is 2.51. The molecule has 0 spiro atoms. The van der Waals surface area contributed by atoms with Crippen LogP contribution in [0.1, 0.15) is 22.7 Å². The van der Waals surface area contributed by atoms with Crippen molar-refractivity contribution in [1.29, 1.82) is 0 Å². The number of nitrogens with two attached hydrogens (primary N) is 1. The van der Waals surface area contributed by atoms with E-state index in [4.69, 9.17) is 17.3 Å². The maximum atomic E-state index is 6.25. The molecule has 0 saturated carbocycles. The first-order chi connectivity index (χ1) is 7.99. The van der Waals surface area contributed by atoms with E-state index in [-0.39, 0.29) is 6.04 Å². The highest BCUT2D eigenvalue weighted by atomic mass is 79.9. The molecule has 0 aliphatic rings. The topological polar surface area (TPSA) is 26.0 Å². The van der Waals surface area contributed by atoms with Crippen LogP contribution < -0.4 is 5.73 Å². The molecule has 1 heterocycles. The van der Waals surface area contributed by atoms with Crippen molar-refractivity contribution in [1.82, 2.24) is 0 Å². The van der Waals surface area contributed by atoms with E-state index in [1.165, 1.54) is 0 Å². The summed E-state index contributed by atoms with van der Waals surface area (Å²) in [4.78, 5) is 0. The van der Waals surface area contributed by atoms with Crippen molar-refractivity contribution >= 4 is 54.8 Å². The standard InChI is InChI=1S/C12H10Br2ClNS/c1-6-2-3-7(9(15)4-6)11(16)8-5-10(13)17-12(8)14/h2-5,11H,16H2,1H3. The molecule has 0 fully saturated rings. The lowest BCUT2D eigenvalue weighted by Crippen LogP contribution is -2.12. The van der Waals surface area contributed by atoms with Crippen molar-refractivity contribution < 1.29 is 0 Å². The number of hydrogen-bond donors (Lipinski definition) is 1. The molecule has 1 aromatic heterocycles. The van der Waals surface area contributed by atoms with E-state index in [1.807, 2.05) is 31.2 Å². The van der Waals surface area contributed by atoms with Crippen molar-refractivity contribution in [3.8, 4) is 0 Å². The van der Waals surface area contributed by atoms with Gasteiger partial charge in [-0.15, -0.1) is 11.3 Å². The summed E-state index contributed by atoms with van der Waals surface area (Å²) in [5.41, 5.74) is 9.38. The van der Waals surface area contributed by atoms with Crippen molar-refractivity contribution in [2.45, 2.75) is 13.0 Å². The second-order valence-corrected chi connectivity index (χ2v) is 7.94. The normalized spacial score (nSPS) is 12.8. The summed E-state index contributed by atoms with van der Waals surface area (Å²) >= 11 is 14.8. The van der Waals surface area contributed by atoms with Gasteiger partial charge in [0, 0.05) is 5.02 Å². The number of rotatable bonds is 2. The van der Waals surface area contributed by atoms with Crippen molar-refractivity contribution in [3.05, 3.63) is 53.6 Å². The van der Waals surface area contributed by atoms with Gasteiger partial charge >= 0.3 is 0 Å². The van der Waals surface area contributed by atoms with Gasteiger partial charge in [0.1, 0.15) is 0 Å². The smallest absolute Gasteiger partial charge is 0.0761 e. The molecule has 0 bridgehead atoms. The monoisotopic (exact) mass is 393 g/mol. The van der Waals surface area contributed by atoms with Crippen LogP contribution in [0.4, 0.5) is 0 Å². The lowest BCUT2D eigenvalue weighted by Gasteiger charge is -2.13. The molecule has 1 unspecified atom stereocenters. The molecule has 5 heteroatoms. The first-order valence-corrected chi connectivity index (χ1v) is 7.73. The molecule has 2 aromatic rings. The summed E-state index contributed by atoms with van der Waals surface area (Å²) in [6.07, 6.45) is 0. The minimum absolute atomic E-state index is 0.208. The maximum Gasteiger partial charge on any atom is 0.0761 e. The van der Waals surface area contributed by atoms with E-state index in [9.17, 15) is 0 Å². The molecule has 90 valence electrons. The van der Waals surface area contributed by atoms with Gasteiger partial charge in [0.15, 0.2) is 0 Å². The number of aryl methyl sites for hydroxylation is 1. The highest BCUT2D eigenvalue weighted by Crippen LogP contribution is 2.38. The Labute approximate surface area is 126 Å². The van der Waals surface area contributed by atoms with E-state index in [1.54, 1.807) is 11.3 Å². The molecule has 0 amide bonds. The van der Waals surface area contributed by atoms with Gasteiger partial charge in [-0.1, -0.05) is 23.7 Å². The average molecular weight is 396 g/mol. The van der Waals surface area contributed by atoms with Crippen LogP contribution in [0.25, 0.3) is 0 Å². The van der Waals surface area contributed by atoms with Gasteiger partial charge in [0.2, 0.25) is 0 Å². The minimum Gasteiger partial charge on any atom is -0.320 e. The van der Waals surface area contributed by atoms with Gasteiger partial charge < -0.3 is 5.73 Å². The molecule has 17 heavy (non-hydrogen) atoms. The SMILES string of the molecule is Cc1ccc(C(N)c2cc(Br)sc2Br)c(Cl)c1. The van der Waals surface area contributed by atoms with Gasteiger partial charge in [-0.3, -0.25) is 0 Å². The summed E-state index contributed by atoms with van der Waals surface area (Å²) in [5.74, 6) is 0. The number of benzene rings is 1. The second kappa shape index (κ2) is 5.41. The minimum atomic E-state index is -0.208. The summed E-state index contributed by atoms with van der Waals surface area (Å²) in [5, 5.41) is 0.715.